The zero-order chi connectivity index (χ0) is 15.4. The van der Waals surface area contributed by atoms with E-state index in [2.05, 4.69) is 35.4 Å². The number of aromatic nitrogens is 3. The van der Waals surface area contributed by atoms with E-state index in [1.165, 1.54) is 0 Å². The van der Waals surface area contributed by atoms with Crippen LogP contribution in [0.1, 0.15) is 25.5 Å². The van der Waals surface area contributed by atoms with Crippen LogP contribution in [0.15, 0.2) is 24.9 Å². The summed E-state index contributed by atoms with van der Waals surface area (Å²) in [5.74, 6) is 0. The highest BCUT2D eigenvalue weighted by Crippen LogP contribution is 2.23. The van der Waals surface area contributed by atoms with Gasteiger partial charge in [0.1, 0.15) is 5.15 Å². The summed E-state index contributed by atoms with van der Waals surface area (Å²) in [5, 5.41) is 14.9. The van der Waals surface area contributed by atoms with Gasteiger partial charge in [-0.2, -0.15) is 5.10 Å². The van der Waals surface area contributed by atoms with Crippen molar-refractivity contribution in [1.29, 1.82) is 0 Å². The molecule has 0 unspecified atom stereocenters. The summed E-state index contributed by atoms with van der Waals surface area (Å²) in [7, 11) is 0. The van der Waals surface area contributed by atoms with E-state index in [4.69, 9.17) is 16.7 Å². The van der Waals surface area contributed by atoms with Crippen LogP contribution >= 0.6 is 11.6 Å². The van der Waals surface area contributed by atoms with Gasteiger partial charge in [-0.1, -0.05) is 17.7 Å². The van der Waals surface area contributed by atoms with Crippen LogP contribution in [0.3, 0.4) is 0 Å². The highest BCUT2D eigenvalue weighted by Gasteiger charge is 2.13. The van der Waals surface area contributed by atoms with Gasteiger partial charge < -0.3 is 5.11 Å². The molecule has 0 bridgehead atoms. The SMILES string of the molecule is C=CCN(CCO)Cc1cc2cnn(C(C)C)c2nc1Cl. The van der Waals surface area contributed by atoms with Gasteiger partial charge in [0.25, 0.3) is 0 Å². The molecule has 0 aliphatic carbocycles. The largest absolute Gasteiger partial charge is 0.395 e. The summed E-state index contributed by atoms with van der Waals surface area (Å²) < 4.78 is 1.86. The smallest absolute Gasteiger partial charge is 0.159 e. The number of hydrogen-bond donors (Lipinski definition) is 1. The Hall–Kier alpha value is -1.43. The summed E-state index contributed by atoms with van der Waals surface area (Å²) in [4.78, 5) is 6.55. The van der Waals surface area contributed by atoms with Gasteiger partial charge >= 0.3 is 0 Å². The lowest BCUT2D eigenvalue weighted by atomic mass is 10.2. The van der Waals surface area contributed by atoms with E-state index in [-0.39, 0.29) is 12.6 Å². The number of hydrogen-bond acceptors (Lipinski definition) is 4. The standard InChI is InChI=1S/C15H21ClN4O/c1-4-5-19(6-7-21)10-13-8-12-9-17-20(11(2)3)15(12)18-14(13)16/h4,8-9,11,21H,1,5-7,10H2,2-3H3. The first kappa shape index (κ1) is 15.9. The minimum absolute atomic E-state index is 0.104. The van der Waals surface area contributed by atoms with E-state index in [1.807, 2.05) is 23.0 Å². The highest BCUT2D eigenvalue weighted by atomic mass is 35.5. The fraction of sp³-hybridized carbons (Fsp3) is 0.467. The number of halogens is 1. The van der Waals surface area contributed by atoms with Crippen LogP contribution in [0.2, 0.25) is 5.15 Å². The predicted octanol–water partition coefficient (Wildman–Crippen LogP) is 2.65. The molecule has 0 saturated carbocycles. The molecule has 0 spiro atoms. The van der Waals surface area contributed by atoms with Crippen LogP contribution in [0.4, 0.5) is 0 Å². The normalized spacial score (nSPS) is 11.7. The molecule has 0 amide bonds. The van der Waals surface area contributed by atoms with Gasteiger partial charge in [-0.05, 0) is 19.9 Å². The lowest BCUT2D eigenvalue weighted by molar-refractivity contribution is 0.203. The van der Waals surface area contributed by atoms with Gasteiger partial charge in [-0.25, -0.2) is 9.67 Å². The molecule has 5 nitrogen and oxygen atoms in total. The van der Waals surface area contributed by atoms with E-state index in [1.54, 1.807) is 0 Å². The van der Waals surface area contributed by atoms with Crippen molar-refractivity contribution in [2.45, 2.75) is 26.4 Å². The van der Waals surface area contributed by atoms with Crippen molar-refractivity contribution >= 4 is 22.6 Å². The Morgan fingerprint density at radius 2 is 2.29 bits per heavy atom. The second-order valence-electron chi connectivity index (χ2n) is 5.28. The topological polar surface area (TPSA) is 54.2 Å². The van der Waals surface area contributed by atoms with Gasteiger partial charge in [0.15, 0.2) is 5.65 Å². The average Bonchev–Trinajstić information content (AvgIpc) is 2.82. The highest BCUT2D eigenvalue weighted by molar-refractivity contribution is 6.30. The molecule has 0 aromatic carbocycles. The van der Waals surface area contributed by atoms with Crippen LogP contribution < -0.4 is 0 Å². The molecule has 0 atom stereocenters. The van der Waals surface area contributed by atoms with Crippen LogP contribution in [0, 0.1) is 0 Å². The van der Waals surface area contributed by atoms with Gasteiger partial charge in [0, 0.05) is 36.6 Å². The van der Waals surface area contributed by atoms with E-state index in [0.717, 1.165) is 16.6 Å². The first-order chi connectivity index (χ1) is 10.1. The average molecular weight is 309 g/mol. The maximum Gasteiger partial charge on any atom is 0.159 e. The molecule has 0 saturated heterocycles. The summed E-state index contributed by atoms with van der Waals surface area (Å²) in [6.45, 7) is 9.85. The number of pyridine rings is 1. The van der Waals surface area contributed by atoms with Crippen LogP contribution in [0.5, 0.6) is 0 Å². The number of fused-ring (bicyclic) bond motifs is 1. The molecule has 2 aromatic heterocycles. The minimum atomic E-state index is 0.104. The fourth-order valence-corrected chi connectivity index (χ4v) is 2.48. The van der Waals surface area contributed by atoms with E-state index >= 15 is 0 Å². The van der Waals surface area contributed by atoms with Crippen molar-refractivity contribution in [3.8, 4) is 0 Å². The first-order valence-electron chi connectivity index (χ1n) is 7.03. The van der Waals surface area contributed by atoms with E-state index < -0.39 is 0 Å². The van der Waals surface area contributed by atoms with E-state index in [0.29, 0.717) is 24.8 Å². The zero-order valence-corrected chi connectivity index (χ0v) is 13.2. The van der Waals surface area contributed by atoms with Crippen molar-refractivity contribution in [3.63, 3.8) is 0 Å². The maximum absolute atomic E-state index is 9.11. The lowest BCUT2D eigenvalue weighted by Gasteiger charge is -2.20. The minimum Gasteiger partial charge on any atom is -0.395 e. The summed E-state index contributed by atoms with van der Waals surface area (Å²) >= 11 is 6.31. The maximum atomic E-state index is 9.11. The summed E-state index contributed by atoms with van der Waals surface area (Å²) in [6.07, 6.45) is 3.62. The molecule has 2 aromatic rings. The van der Waals surface area contributed by atoms with Gasteiger partial charge in [-0.3, -0.25) is 4.90 Å². The summed E-state index contributed by atoms with van der Waals surface area (Å²) in [5.41, 5.74) is 1.74. The Balaban J connectivity index is 2.32. The monoisotopic (exact) mass is 308 g/mol. The molecule has 0 aliphatic rings. The second-order valence-corrected chi connectivity index (χ2v) is 5.64. The van der Waals surface area contributed by atoms with E-state index in [9.17, 15) is 0 Å². The van der Waals surface area contributed by atoms with Crippen LogP contribution in [-0.2, 0) is 6.54 Å². The molecule has 0 aliphatic heterocycles. The summed E-state index contributed by atoms with van der Waals surface area (Å²) in [6, 6.07) is 2.26. The Morgan fingerprint density at radius 1 is 1.52 bits per heavy atom. The third kappa shape index (κ3) is 3.61. The number of aliphatic hydroxyl groups excluding tert-OH is 1. The number of aliphatic hydroxyl groups is 1. The molecule has 114 valence electrons. The third-order valence-corrected chi connectivity index (χ3v) is 3.61. The number of nitrogens with zero attached hydrogens (tertiary/aromatic N) is 4. The molecule has 1 N–H and O–H groups in total. The van der Waals surface area contributed by atoms with Crippen molar-refractivity contribution < 1.29 is 5.11 Å². The molecule has 2 heterocycles. The predicted molar refractivity (Wildman–Crippen MR) is 85.5 cm³/mol. The third-order valence-electron chi connectivity index (χ3n) is 3.28. The van der Waals surface area contributed by atoms with Gasteiger partial charge in [0.05, 0.1) is 12.8 Å². The second kappa shape index (κ2) is 7.02. The molecule has 0 radical (unpaired) electrons. The van der Waals surface area contributed by atoms with Gasteiger partial charge in [-0.15, -0.1) is 6.58 Å². The van der Waals surface area contributed by atoms with Crippen molar-refractivity contribution in [3.05, 3.63) is 35.6 Å². The van der Waals surface area contributed by atoms with Crippen molar-refractivity contribution in [1.82, 2.24) is 19.7 Å². The van der Waals surface area contributed by atoms with Crippen molar-refractivity contribution in [2.75, 3.05) is 19.7 Å². The number of rotatable bonds is 7. The van der Waals surface area contributed by atoms with Crippen LogP contribution in [-0.4, -0.2) is 44.5 Å². The van der Waals surface area contributed by atoms with Crippen molar-refractivity contribution in [2.24, 2.45) is 0 Å². The Kier molecular flexibility index (Phi) is 5.33. The lowest BCUT2D eigenvalue weighted by Crippen LogP contribution is -2.26. The molecule has 21 heavy (non-hydrogen) atoms. The molecular formula is C15H21ClN4O. The molecular weight excluding hydrogens is 288 g/mol. The molecule has 0 fully saturated rings. The molecule has 2 rings (SSSR count). The first-order valence-corrected chi connectivity index (χ1v) is 7.41. The zero-order valence-electron chi connectivity index (χ0n) is 12.5. The quantitative estimate of drug-likeness (QED) is 0.631. The molecule has 6 heteroatoms. The Labute approximate surface area is 129 Å². The van der Waals surface area contributed by atoms with Gasteiger partial charge in [0.2, 0.25) is 0 Å². The Bertz CT molecular complexity index is 623. The van der Waals surface area contributed by atoms with Crippen LogP contribution in [0.25, 0.3) is 11.0 Å². The fourth-order valence-electron chi connectivity index (χ4n) is 2.29. The Morgan fingerprint density at radius 3 is 2.90 bits per heavy atom.